The topological polar surface area (TPSA) is 79.9 Å². The molecule has 3 rings (SSSR count). The van der Waals surface area contributed by atoms with Crippen molar-refractivity contribution in [1.82, 2.24) is 10.2 Å². The number of fused-ring (bicyclic) bond motifs is 1. The number of methoxy groups -OCH3 is 1. The fourth-order valence-electron chi connectivity index (χ4n) is 4.17. The van der Waals surface area contributed by atoms with Crippen LogP contribution in [0.3, 0.4) is 0 Å². The maximum absolute atomic E-state index is 13.3. The molecule has 1 aromatic carbocycles. The van der Waals surface area contributed by atoms with Crippen LogP contribution >= 0.6 is 0 Å². The van der Waals surface area contributed by atoms with Crippen molar-refractivity contribution in [2.75, 3.05) is 39.2 Å². The van der Waals surface area contributed by atoms with Crippen molar-refractivity contribution in [2.45, 2.75) is 51.7 Å². The van der Waals surface area contributed by atoms with E-state index in [1.165, 1.54) is 0 Å². The summed E-state index contributed by atoms with van der Waals surface area (Å²) < 4.78 is 11.6. The van der Waals surface area contributed by atoms with Crippen molar-refractivity contribution in [2.24, 2.45) is 11.8 Å². The van der Waals surface area contributed by atoms with Gasteiger partial charge in [0.2, 0.25) is 5.91 Å². The molecule has 2 N–H and O–H groups in total. The SMILES string of the molecule is CO[C@H]1CN(C)C(=O)c2cc(NC(=O)C3CCCC3)ccc2OC[C@@H](C)NC[C@H]1C. The molecule has 0 radical (unpaired) electrons. The maximum atomic E-state index is 13.3. The van der Waals surface area contributed by atoms with E-state index in [2.05, 4.69) is 24.5 Å². The quantitative estimate of drug-likeness (QED) is 0.791. The summed E-state index contributed by atoms with van der Waals surface area (Å²) in [6.07, 6.45) is 3.99. The Morgan fingerprint density at radius 3 is 2.70 bits per heavy atom. The lowest BCUT2D eigenvalue weighted by molar-refractivity contribution is -0.119. The molecule has 3 atom stereocenters. The number of anilines is 1. The third-order valence-electron chi connectivity index (χ3n) is 6.22. The molecule has 2 aliphatic rings. The molecule has 1 aliphatic heterocycles. The third kappa shape index (κ3) is 5.52. The third-order valence-corrected chi connectivity index (χ3v) is 6.22. The average molecular weight is 418 g/mol. The first-order chi connectivity index (χ1) is 14.4. The summed E-state index contributed by atoms with van der Waals surface area (Å²) in [5.74, 6) is 0.730. The molecule has 0 saturated heterocycles. The van der Waals surface area contributed by atoms with Crippen LogP contribution in [0.2, 0.25) is 0 Å². The average Bonchev–Trinajstić information content (AvgIpc) is 3.28. The minimum absolute atomic E-state index is 0.0356. The lowest BCUT2D eigenvalue weighted by Crippen LogP contribution is -2.44. The van der Waals surface area contributed by atoms with Gasteiger partial charge in [-0.15, -0.1) is 0 Å². The Hall–Kier alpha value is -2.12. The van der Waals surface area contributed by atoms with Gasteiger partial charge in [-0.25, -0.2) is 0 Å². The van der Waals surface area contributed by atoms with Crippen LogP contribution in [0.15, 0.2) is 18.2 Å². The Kier molecular flexibility index (Phi) is 7.72. The molecule has 1 fully saturated rings. The second-order valence-corrected chi connectivity index (χ2v) is 8.74. The summed E-state index contributed by atoms with van der Waals surface area (Å²) >= 11 is 0. The van der Waals surface area contributed by atoms with E-state index in [1.54, 1.807) is 31.2 Å². The number of carbonyl (C=O) groups excluding carboxylic acids is 2. The highest BCUT2D eigenvalue weighted by atomic mass is 16.5. The molecular weight excluding hydrogens is 382 g/mol. The van der Waals surface area contributed by atoms with Crippen LogP contribution in [0, 0.1) is 11.8 Å². The monoisotopic (exact) mass is 417 g/mol. The van der Waals surface area contributed by atoms with Crippen molar-refractivity contribution in [3.8, 4) is 5.75 Å². The van der Waals surface area contributed by atoms with Gasteiger partial charge in [-0.2, -0.15) is 0 Å². The summed E-state index contributed by atoms with van der Waals surface area (Å²) in [5, 5.41) is 6.46. The predicted octanol–water partition coefficient (Wildman–Crippen LogP) is 2.91. The molecule has 30 heavy (non-hydrogen) atoms. The van der Waals surface area contributed by atoms with E-state index in [9.17, 15) is 9.59 Å². The first-order valence-corrected chi connectivity index (χ1v) is 11.0. The molecule has 1 heterocycles. The first kappa shape index (κ1) is 22.6. The van der Waals surface area contributed by atoms with Crippen LogP contribution < -0.4 is 15.4 Å². The van der Waals surface area contributed by atoms with Crippen molar-refractivity contribution in [3.05, 3.63) is 23.8 Å². The molecule has 0 unspecified atom stereocenters. The van der Waals surface area contributed by atoms with E-state index in [0.717, 1.165) is 32.2 Å². The van der Waals surface area contributed by atoms with Gasteiger partial charge in [0, 0.05) is 44.9 Å². The van der Waals surface area contributed by atoms with E-state index in [0.29, 0.717) is 30.2 Å². The van der Waals surface area contributed by atoms with E-state index in [1.807, 2.05) is 6.07 Å². The number of carbonyl (C=O) groups is 2. The summed E-state index contributed by atoms with van der Waals surface area (Å²) in [6.45, 7) is 5.88. The number of benzene rings is 1. The lowest BCUT2D eigenvalue weighted by atomic mass is 10.0. The lowest BCUT2D eigenvalue weighted by Gasteiger charge is -2.30. The van der Waals surface area contributed by atoms with E-state index < -0.39 is 0 Å². The first-order valence-electron chi connectivity index (χ1n) is 11.0. The number of hydrogen-bond acceptors (Lipinski definition) is 5. The Morgan fingerprint density at radius 1 is 1.27 bits per heavy atom. The number of nitrogens with one attached hydrogen (secondary N) is 2. The van der Waals surface area contributed by atoms with Gasteiger partial charge >= 0.3 is 0 Å². The molecule has 1 aromatic rings. The van der Waals surface area contributed by atoms with Crippen LogP contribution in [0.1, 0.15) is 49.9 Å². The number of rotatable bonds is 3. The van der Waals surface area contributed by atoms with Gasteiger partial charge in [-0.1, -0.05) is 19.8 Å². The number of likely N-dealkylation sites (N-methyl/N-ethyl adjacent to an activating group) is 1. The Balaban J connectivity index is 1.85. The van der Waals surface area contributed by atoms with Crippen molar-refractivity contribution in [3.63, 3.8) is 0 Å². The zero-order chi connectivity index (χ0) is 21.7. The van der Waals surface area contributed by atoms with Crippen LogP contribution in [0.25, 0.3) is 0 Å². The van der Waals surface area contributed by atoms with Gasteiger partial charge in [0.15, 0.2) is 0 Å². The molecule has 2 amide bonds. The second kappa shape index (κ2) is 10.3. The Labute approximate surface area is 179 Å². The Bertz CT molecular complexity index is 748. The zero-order valence-electron chi connectivity index (χ0n) is 18.6. The maximum Gasteiger partial charge on any atom is 0.257 e. The summed E-state index contributed by atoms with van der Waals surface area (Å²) in [4.78, 5) is 27.5. The van der Waals surface area contributed by atoms with E-state index >= 15 is 0 Å². The van der Waals surface area contributed by atoms with Crippen molar-refractivity contribution in [1.29, 1.82) is 0 Å². The van der Waals surface area contributed by atoms with Gasteiger partial charge in [0.1, 0.15) is 12.4 Å². The highest BCUT2D eigenvalue weighted by Crippen LogP contribution is 2.28. The fraction of sp³-hybridized carbons (Fsp3) is 0.652. The van der Waals surface area contributed by atoms with Crippen LogP contribution in [0.4, 0.5) is 5.69 Å². The highest BCUT2D eigenvalue weighted by molar-refractivity contribution is 5.99. The molecule has 1 aliphatic carbocycles. The molecular formula is C23H35N3O4. The summed E-state index contributed by atoms with van der Waals surface area (Å²) in [5.41, 5.74) is 1.09. The molecule has 0 bridgehead atoms. The van der Waals surface area contributed by atoms with Crippen LogP contribution in [-0.4, -0.2) is 62.7 Å². The molecule has 166 valence electrons. The van der Waals surface area contributed by atoms with Crippen molar-refractivity contribution >= 4 is 17.5 Å². The number of hydrogen-bond donors (Lipinski definition) is 2. The van der Waals surface area contributed by atoms with Crippen LogP contribution in [0.5, 0.6) is 5.75 Å². The van der Waals surface area contributed by atoms with Crippen LogP contribution in [-0.2, 0) is 9.53 Å². The largest absolute Gasteiger partial charge is 0.491 e. The molecule has 7 heteroatoms. The van der Waals surface area contributed by atoms with Gasteiger partial charge in [0.25, 0.3) is 5.91 Å². The Morgan fingerprint density at radius 2 is 2.00 bits per heavy atom. The van der Waals surface area contributed by atoms with Crippen molar-refractivity contribution < 1.29 is 19.1 Å². The minimum Gasteiger partial charge on any atom is -0.491 e. The number of nitrogens with zero attached hydrogens (tertiary/aromatic N) is 1. The van der Waals surface area contributed by atoms with Gasteiger partial charge < -0.3 is 25.0 Å². The number of amides is 2. The minimum atomic E-state index is -0.141. The van der Waals surface area contributed by atoms with Gasteiger partial charge in [-0.3, -0.25) is 9.59 Å². The molecule has 0 spiro atoms. The van der Waals surface area contributed by atoms with Gasteiger partial charge in [-0.05, 0) is 43.9 Å². The van der Waals surface area contributed by atoms with Gasteiger partial charge in [0.05, 0.1) is 11.7 Å². The predicted molar refractivity (Wildman–Crippen MR) is 117 cm³/mol. The molecule has 1 saturated carbocycles. The normalized spacial score (nSPS) is 26.3. The summed E-state index contributed by atoms with van der Waals surface area (Å²) in [6, 6.07) is 5.45. The standard InChI is InChI=1S/C23H35N3O4/c1-15-12-24-16(2)14-30-20-10-9-18(25-22(27)17-7-5-6-8-17)11-19(20)23(28)26(3)13-21(15)29-4/h9-11,15-17,21,24H,5-8,12-14H2,1-4H3,(H,25,27)/t15-,16-,21+/m1/s1. The second-order valence-electron chi connectivity index (χ2n) is 8.74. The smallest absolute Gasteiger partial charge is 0.257 e. The van der Waals surface area contributed by atoms with E-state index in [-0.39, 0.29) is 35.8 Å². The zero-order valence-corrected chi connectivity index (χ0v) is 18.6. The highest BCUT2D eigenvalue weighted by Gasteiger charge is 2.27. The number of ether oxygens (including phenoxy) is 2. The summed E-state index contributed by atoms with van der Waals surface area (Å²) in [7, 11) is 3.46. The molecule has 0 aromatic heterocycles. The van der Waals surface area contributed by atoms with E-state index in [4.69, 9.17) is 9.47 Å². The fourth-order valence-corrected chi connectivity index (χ4v) is 4.17. The molecule has 7 nitrogen and oxygen atoms in total.